The molecule has 2 heterocycles. The summed E-state index contributed by atoms with van der Waals surface area (Å²) >= 11 is 0. The Balaban J connectivity index is 1.60. The van der Waals surface area contributed by atoms with E-state index in [-0.39, 0.29) is 19.2 Å². The third-order valence-corrected chi connectivity index (χ3v) is 4.65. The number of amides is 3. The minimum atomic E-state index is -1.18. The quantitative estimate of drug-likeness (QED) is 0.858. The van der Waals surface area contributed by atoms with Crippen molar-refractivity contribution in [3.8, 4) is 17.6 Å². The molecular weight excluding hydrogens is 334 g/mol. The van der Waals surface area contributed by atoms with Gasteiger partial charge in [-0.25, -0.2) is 4.79 Å². The van der Waals surface area contributed by atoms with Crippen molar-refractivity contribution in [2.24, 2.45) is 0 Å². The summed E-state index contributed by atoms with van der Waals surface area (Å²) in [5, 5.41) is 11.6. The van der Waals surface area contributed by atoms with Gasteiger partial charge in [0, 0.05) is 0 Å². The number of rotatable bonds is 3. The van der Waals surface area contributed by atoms with Gasteiger partial charge in [0.2, 0.25) is 6.79 Å². The lowest BCUT2D eigenvalue weighted by molar-refractivity contribution is -0.131. The summed E-state index contributed by atoms with van der Waals surface area (Å²) in [5.74, 6) is 0.825. The number of nitriles is 1. The highest BCUT2D eigenvalue weighted by molar-refractivity contribution is 6.07. The van der Waals surface area contributed by atoms with Gasteiger partial charge in [-0.15, -0.1) is 0 Å². The van der Waals surface area contributed by atoms with Crippen LogP contribution in [0.4, 0.5) is 4.79 Å². The van der Waals surface area contributed by atoms with Crippen LogP contribution in [-0.2, 0) is 16.9 Å². The molecule has 1 atom stereocenters. The first kappa shape index (κ1) is 16.0. The Morgan fingerprint density at radius 1 is 1.15 bits per heavy atom. The van der Waals surface area contributed by atoms with Gasteiger partial charge in [-0.1, -0.05) is 18.2 Å². The van der Waals surface area contributed by atoms with Gasteiger partial charge >= 0.3 is 6.03 Å². The average molecular weight is 349 g/mol. The van der Waals surface area contributed by atoms with Crippen LogP contribution in [0.15, 0.2) is 42.5 Å². The topological polar surface area (TPSA) is 91.7 Å². The number of carbonyl (C=O) groups excluding carboxylic acids is 2. The molecular formula is C19H15N3O4. The van der Waals surface area contributed by atoms with Gasteiger partial charge in [-0.05, 0) is 42.3 Å². The van der Waals surface area contributed by atoms with Gasteiger partial charge < -0.3 is 14.8 Å². The second-order valence-corrected chi connectivity index (χ2v) is 6.32. The van der Waals surface area contributed by atoms with Gasteiger partial charge in [0.05, 0.1) is 18.2 Å². The smallest absolute Gasteiger partial charge is 0.325 e. The number of nitrogens with zero attached hydrogens (tertiary/aromatic N) is 2. The Kier molecular flexibility index (Phi) is 3.55. The Morgan fingerprint density at radius 2 is 1.88 bits per heavy atom. The molecule has 2 aromatic carbocycles. The maximum Gasteiger partial charge on any atom is 0.325 e. The lowest BCUT2D eigenvalue weighted by atomic mass is 9.91. The number of imide groups is 1. The first-order valence-electron chi connectivity index (χ1n) is 8.04. The summed E-state index contributed by atoms with van der Waals surface area (Å²) in [6.07, 6.45) is 0. The van der Waals surface area contributed by atoms with Crippen molar-refractivity contribution in [3.05, 3.63) is 59.2 Å². The highest BCUT2D eigenvalue weighted by atomic mass is 16.7. The van der Waals surface area contributed by atoms with Crippen molar-refractivity contribution in [2.75, 3.05) is 6.79 Å². The third kappa shape index (κ3) is 2.43. The highest BCUT2D eigenvalue weighted by Gasteiger charge is 2.49. The molecule has 2 aliphatic rings. The summed E-state index contributed by atoms with van der Waals surface area (Å²) in [5.41, 5.74) is 0.742. The molecule has 0 saturated carbocycles. The van der Waals surface area contributed by atoms with Crippen LogP contribution in [0.5, 0.6) is 11.5 Å². The molecule has 3 amide bonds. The lowest BCUT2D eigenvalue weighted by Gasteiger charge is -2.22. The predicted octanol–water partition coefficient (Wildman–Crippen LogP) is 2.25. The first-order chi connectivity index (χ1) is 12.5. The molecule has 0 unspecified atom stereocenters. The van der Waals surface area contributed by atoms with Gasteiger partial charge in [0.25, 0.3) is 5.91 Å². The van der Waals surface area contributed by atoms with Crippen molar-refractivity contribution in [3.63, 3.8) is 0 Å². The minimum Gasteiger partial charge on any atom is -0.454 e. The summed E-state index contributed by atoms with van der Waals surface area (Å²) in [4.78, 5) is 26.6. The zero-order chi connectivity index (χ0) is 18.3. The summed E-state index contributed by atoms with van der Waals surface area (Å²) in [6.45, 7) is 1.95. The maximum absolute atomic E-state index is 13.0. The zero-order valence-electron chi connectivity index (χ0n) is 14.0. The number of carbonyl (C=O) groups is 2. The molecule has 0 spiro atoms. The Bertz CT molecular complexity index is 948. The summed E-state index contributed by atoms with van der Waals surface area (Å²) in [7, 11) is 0. The van der Waals surface area contributed by atoms with E-state index in [9.17, 15) is 9.59 Å². The number of fused-ring (bicyclic) bond motifs is 1. The van der Waals surface area contributed by atoms with Crippen LogP contribution in [0.3, 0.4) is 0 Å². The maximum atomic E-state index is 13.0. The van der Waals surface area contributed by atoms with Crippen molar-refractivity contribution in [1.82, 2.24) is 10.2 Å². The van der Waals surface area contributed by atoms with Crippen molar-refractivity contribution in [1.29, 1.82) is 5.26 Å². The molecule has 130 valence electrons. The van der Waals surface area contributed by atoms with Crippen LogP contribution in [-0.4, -0.2) is 23.6 Å². The van der Waals surface area contributed by atoms with E-state index in [1.165, 1.54) is 4.90 Å². The average Bonchev–Trinajstić information content (AvgIpc) is 3.21. The molecule has 7 heteroatoms. The van der Waals surface area contributed by atoms with Crippen molar-refractivity contribution in [2.45, 2.75) is 19.0 Å². The van der Waals surface area contributed by atoms with E-state index in [1.807, 2.05) is 6.07 Å². The van der Waals surface area contributed by atoms with Gasteiger partial charge in [-0.2, -0.15) is 5.26 Å². The fourth-order valence-corrected chi connectivity index (χ4v) is 3.11. The standard InChI is InChI=1S/C19H15N3O4/c1-19(14-6-7-15-16(8-14)26-11-25-15)17(23)22(18(24)21-19)10-13-4-2-12(9-20)3-5-13/h2-8H,10-11H2,1H3,(H,21,24)/t19-/m0/s1. The molecule has 0 bridgehead atoms. The van der Waals surface area contributed by atoms with E-state index >= 15 is 0 Å². The van der Waals surface area contributed by atoms with Crippen LogP contribution in [0.1, 0.15) is 23.6 Å². The number of hydrogen-bond donors (Lipinski definition) is 1. The van der Waals surface area contributed by atoms with Crippen molar-refractivity contribution >= 4 is 11.9 Å². The van der Waals surface area contributed by atoms with E-state index in [2.05, 4.69) is 5.32 Å². The van der Waals surface area contributed by atoms with E-state index in [1.54, 1.807) is 49.4 Å². The first-order valence-corrected chi connectivity index (χ1v) is 8.04. The van der Waals surface area contributed by atoms with E-state index in [0.29, 0.717) is 22.6 Å². The van der Waals surface area contributed by atoms with Gasteiger partial charge in [0.1, 0.15) is 5.54 Å². The number of benzene rings is 2. The van der Waals surface area contributed by atoms with Crippen molar-refractivity contribution < 1.29 is 19.1 Å². The molecule has 0 radical (unpaired) electrons. The van der Waals surface area contributed by atoms with Crippen LogP contribution in [0, 0.1) is 11.3 Å². The SMILES string of the molecule is C[C@@]1(c2ccc3c(c2)OCO3)NC(=O)N(Cc2ccc(C#N)cc2)C1=O. The van der Waals surface area contributed by atoms with Crippen LogP contribution >= 0.6 is 0 Å². The monoisotopic (exact) mass is 349 g/mol. The van der Waals surface area contributed by atoms with Gasteiger partial charge in [-0.3, -0.25) is 9.69 Å². The number of ether oxygens (including phenoxy) is 2. The molecule has 0 aromatic heterocycles. The highest BCUT2D eigenvalue weighted by Crippen LogP contribution is 2.38. The predicted molar refractivity (Wildman–Crippen MR) is 90.2 cm³/mol. The molecule has 2 aliphatic heterocycles. The fraction of sp³-hybridized carbons (Fsp3) is 0.211. The largest absolute Gasteiger partial charge is 0.454 e. The lowest BCUT2D eigenvalue weighted by Crippen LogP contribution is -2.40. The Labute approximate surface area is 149 Å². The second kappa shape index (κ2) is 5.77. The Morgan fingerprint density at radius 3 is 2.62 bits per heavy atom. The van der Waals surface area contributed by atoms with E-state index in [0.717, 1.165) is 5.56 Å². The van der Waals surface area contributed by atoms with Crippen LogP contribution < -0.4 is 14.8 Å². The zero-order valence-corrected chi connectivity index (χ0v) is 14.0. The minimum absolute atomic E-state index is 0.135. The third-order valence-electron chi connectivity index (χ3n) is 4.65. The normalized spacial score (nSPS) is 20.8. The summed E-state index contributed by atoms with van der Waals surface area (Å²) < 4.78 is 10.7. The van der Waals surface area contributed by atoms with Gasteiger partial charge in [0.15, 0.2) is 11.5 Å². The molecule has 0 aliphatic carbocycles. The molecule has 1 saturated heterocycles. The molecule has 26 heavy (non-hydrogen) atoms. The van der Waals surface area contributed by atoms with E-state index in [4.69, 9.17) is 14.7 Å². The number of nitrogens with one attached hydrogen (secondary N) is 1. The molecule has 1 N–H and O–H groups in total. The summed E-state index contributed by atoms with van der Waals surface area (Å²) in [6, 6.07) is 13.5. The van der Waals surface area contributed by atoms with Crippen LogP contribution in [0.25, 0.3) is 0 Å². The Hall–Kier alpha value is -3.53. The fourth-order valence-electron chi connectivity index (χ4n) is 3.11. The second-order valence-electron chi connectivity index (χ2n) is 6.32. The molecule has 2 aromatic rings. The van der Waals surface area contributed by atoms with Crippen LogP contribution in [0.2, 0.25) is 0 Å². The number of hydrogen-bond acceptors (Lipinski definition) is 5. The molecule has 7 nitrogen and oxygen atoms in total. The molecule has 1 fully saturated rings. The molecule has 4 rings (SSSR count). The van der Waals surface area contributed by atoms with E-state index < -0.39 is 11.6 Å². The number of urea groups is 1.